The predicted molar refractivity (Wildman–Crippen MR) is 204 cm³/mol. The van der Waals surface area contributed by atoms with Gasteiger partial charge >= 0.3 is 6.09 Å². The third-order valence-corrected chi connectivity index (χ3v) is 9.97. The number of aromatic amines is 1. The van der Waals surface area contributed by atoms with Crippen molar-refractivity contribution in [1.29, 1.82) is 0 Å². The van der Waals surface area contributed by atoms with Gasteiger partial charge < -0.3 is 43.0 Å². The molecule has 2 unspecified atom stereocenters. The molecule has 3 heterocycles. The van der Waals surface area contributed by atoms with Crippen molar-refractivity contribution in [2.75, 3.05) is 57.2 Å². The molecule has 15 nitrogen and oxygen atoms in total. The van der Waals surface area contributed by atoms with E-state index in [0.717, 1.165) is 16.3 Å². The number of benzene rings is 4. The van der Waals surface area contributed by atoms with E-state index < -0.39 is 22.9 Å². The van der Waals surface area contributed by atoms with Crippen LogP contribution in [0, 0.1) is 10.1 Å². The molecule has 1 saturated heterocycles. The third-order valence-electron chi connectivity index (χ3n) is 9.60. The Morgan fingerprint density at radius 1 is 1.02 bits per heavy atom. The molecular formula is C39H39ClN4O11. The highest BCUT2D eigenvalue weighted by atomic mass is 35.5. The molecule has 2 atom stereocenters. The number of methoxy groups -OCH3 is 3. The fourth-order valence-electron chi connectivity index (χ4n) is 7.10. The van der Waals surface area contributed by atoms with E-state index in [1.54, 1.807) is 36.9 Å². The number of H-pyrrole nitrogens is 1. The first-order valence-electron chi connectivity index (χ1n) is 17.4. The van der Waals surface area contributed by atoms with E-state index in [9.17, 15) is 19.7 Å². The summed E-state index contributed by atoms with van der Waals surface area (Å²) in [5.74, 6) is 0.357. The number of alkyl halides is 1. The van der Waals surface area contributed by atoms with Crippen molar-refractivity contribution in [2.24, 2.45) is 0 Å². The van der Waals surface area contributed by atoms with Gasteiger partial charge in [0.15, 0.2) is 17.3 Å². The van der Waals surface area contributed by atoms with E-state index in [0.29, 0.717) is 63.9 Å². The summed E-state index contributed by atoms with van der Waals surface area (Å²) in [5.41, 5.74) is 2.94. The van der Waals surface area contributed by atoms with Crippen molar-refractivity contribution < 1.29 is 47.7 Å². The topological polar surface area (TPSA) is 173 Å². The fraction of sp³-hybridized carbons (Fsp3) is 0.333. The summed E-state index contributed by atoms with van der Waals surface area (Å²) >= 11 is 6.52. The molecule has 1 fully saturated rings. The van der Waals surface area contributed by atoms with Crippen LogP contribution in [0.1, 0.15) is 41.4 Å². The van der Waals surface area contributed by atoms with E-state index in [4.69, 9.17) is 44.8 Å². The van der Waals surface area contributed by atoms with E-state index >= 15 is 0 Å². The Labute approximate surface area is 320 Å². The van der Waals surface area contributed by atoms with E-state index in [2.05, 4.69) is 10.3 Å². The zero-order valence-corrected chi connectivity index (χ0v) is 31.5. The Balaban J connectivity index is 1.16. The Morgan fingerprint density at radius 2 is 1.78 bits per heavy atom. The number of nitro benzene ring substituents is 1. The van der Waals surface area contributed by atoms with Crippen LogP contribution in [0.3, 0.4) is 0 Å². The lowest BCUT2D eigenvalue weighted by Crippen LogP contribution is -2.30. The molecule has 1 aromatic heterocycles. The molecule has 2 aliphatic heterocycles. The van der Waals surface area contributed by atoms with Crippen LogP contribution in [0.25, 0.3) is 21.7 Å². The molecular weight excluding hydrogens is 736 g/mol. The predicted octanol–water partition coefficient (Wildman–Crippen LogP) is 7.52. The van der Waals surface area contributed by atoms with E-state index in [-0.39, 0.29) is 42.4 Å². The number of fused-ring (bicyclic) bond motifs is 4. The molecule has 0 radical (unpaired) electrons. The second-order valence-corrected chi connectivity index (χ2v) is 13.8. The second-order valence-electron chi connectivity index (χ2n) is 13.5. The number of non-ortho nitro benzene ring substituents is 1. The summed E-state index contributed by atoms with van der Waals surface area (Å²) in [6.07, 6.45) is -1.19. The van der Waals surface area contributed by atoms with Crippen LogP contribution in [0.5, 0.6) is 23.0 Å². The van der Waals surface area contributed by atoms with Gasteiger partial charge in [0.25, 0.3) is 11.6 Å². The van der Waals surface area contributed by atoms with Gasteiger partial charge in [0.05, 0.1) is 55.8 Å². The van der Waals surface area contributed by atoms with Gasteiger partial charge in [-0.2, -0.15) is 0 Å². The van der Waals surface area contributed by atoms with Gasteiger partial charge in [-0.1, -0.05) is 24.3 Å². The number of anilines is 2. The van der Waals surface area contributed by atoms with Crippen LogP contribution in [0.2, 0.25) is 0 Å². The fourth-order valence-corrected chi connectivity index (χ4v) is 7.35. The normalized spacial score (nSPS) is 17.2. The maximum atomic E-state index is 14.3. The van der Waals surface area contributed by atoms with Crippen LogP contribution in [-0.2, 0) is 20.8 Å². The minimum Gasteiger partial charge on any atom is -0.493 e. The van der Waals surface area contributed by atoms with Gasteiger partial charge in [-0.25, -0.2) is 4.79 Å². The monoisotopic (exact) mass is 774 g/mol. The minimum atomic E-state index is -0.793. The molecule has 55 heavy (non-hydrogen) atoms. The summed E-state index contributed by atoms with van der Waals surface area (Å²) < 4.78 is 39.6. The van der Waals surface area contributed by atoms with Gasteiger partial charge in [0.1, 0.15) is 30.8 Å². The van der Waals surface area contributed by atoms with Gasteiger partial charge in [-0.3, -0.25) is 20.2 Å². The van der Waals surface area contributed by atoms with Gasteiger partial charge in [0, 0.05) is 40.7 Å². The molecule has 2 N–H and O–H groups in total. The van der Waals surface area contributed by atoms with Crippen LogP contribution < -0.4 is 29.2 Å². The number of halogens is 1. The molecule has 7 rings (SSSR count). The molecule has 16 heteroatoms. The molecule has 2 amide bonds. The number of nitrogens with zero attached hydrogens (tertiary/aromatic N) is 2. The zero-order chi connectivity index (χ0) is 39.0. The quantitative estimate of drug-likeness (QED) is 0.0729. The van der Waals surface area contributed by atoms with Crippen LogP contribution in [0.15, 0.2) is 60.7 Å². The lowest BCUT2D eigenvalue weighted by Gasteiger charge is -2.19. The first kappa shape index (κ1) is 37.5. The van der Waals surface area contributed by atoms with Gasteiger partial charge in [-0.05, 0) is 49.1 Å². The highest BCUT2D eigenvalue weighted by Gasteiger charge is 2.36. The van der Waals surface area contributed by atoms with Crippen molar-refractivity contribution in [3.63, 3.8) is 0 Å². The van der Waals surface area contributed by atoms with Gasteiger partial charge in [-0.15, -0.1) is 11.6 Å². The summed E-state index contributed by atoms with van der Waals surface area (Å²) in [6.45, 7) is 3.97. The largest absolute Gasteiger partial charge is 0.493 e. The van der Waals surface area contributed by atoms with Crippen molar-refractivity contribution in [2.45, 2.75) is 38.3 Å². The molecule has 2 aliphatic rings. The van der Waals surface area contributed by atoms with E-state index in [1.807, 2.05) is 24.3 Å². The molecule has 4 aromatic carbocycles. The third kappa shape index (κ3) is 7.25. The lowest BCUT2D eigenvalue weighted by atomic mass is 9.95. The Hall–Kier alpha value is -5.77. The van der Waals surface area contributed by atoms with Crippen LogP contribution in [0.4, 0.5) is 21.9 Å². The first-order chi connectivity index (χ1) is 26.4. The number of hydrogen-bond acceptors (Lipinski definition) is 11. The molecule has 5 aromatic rings. The maximum Gasteiger partial charge on any atom is 0.411 e. The smallest absolute Gasteiger partial charge is 0.411 e. The molecule has 0 spiro atoms. The Bertz CT molecular complexity index is 2310. The van der Waals surface area contributed by atoms with Crippen LogP contribution in [-0.4, -0.2) is 80.8 Å². The average Bonchev–Trinajstić information content (AvgIpc) is 3.89. The number of ether oxygens (including phenoxy) is 7. The number of amides is 2. The maximum absolute atomic E-state index is 14.3. The SMILES string of the molecule is COc1cc2cc(C(=O)N3CC(CCl)c4c3cc(NC(=O)OCc3ccc([N+](=O)[O-])cc3OCC3COC(C)(C)O3)c3ccccc43)[nH]c2c(OC)c1OC. The van der Waals surface area contributed by atoms with Crippen molar-refractivity contribution in [3.05, 3.63) is 87.6 Å². The van der Waals surface area contributed by atoms with Crippen molar-refractivity contribution in [1.82, 2.24) is 4.98 Å². The van der Waals surface area contributed by atoms with Crippen molar-refractivity contribution in [3.8, 4) is 23.0 Å². The second kappa shape index (κ2) is 15.2. The number of hydrogen-bond donors (Lipinski definition) is 2. The summed E-state index contributed by atoms with van der Waals surface area (Å²) in [4.78, 5) is 43.6. The molecule has 0 bridgehead atoms. The van der Waals surface area contributed by atoms with Gasteiger partial charge in [0.2, 0.25) is 5.75 Å². The molecule has 0 aliphatic carbocycles. The Kier molecular flexibility index (Phi) is 10.4. The number of rotatable bonds is 12. The number of aromatic nitrogens is 1. The zero-order valence-electron chi connectivity index (χ0n) is 30.7. The standard InChI is InChI=1S/C39H39ClN4O11/c1-39(2)54-20-25(55-39)19-52-31-14-24(44(47)48)11-10-21(31)18-53-38(46)42-28-15-30-33(27-9-7-6-8-26(27)28)23(16-40)17-43(30)37(45)29-12-22-13-32(49-3)35(50-4)36(51-5)34(22)41-29/h6-15,23,25,41H,16-20H2,1-5H3,(H,42,46). The number of nitrogens with one attached hydrogen (secondary N) is 2. The number of carbonyl (C=O) groups is 2. The van der Waals surface area contributed by atoms with Crippen molar-refractivity contribution >= 4 is 62.3 Å². The molecule has 288 valence electrons. The highest BCUT2D eigenvalue weighted by molar-refractivity contribution is 6.20. The number of carbonyl (C=O) groups excluding carboxylic acids is 2. The van der Waals surface area contributed by atoms with E-state index in [1.165, 1.54) is 39.5 Å². The minimum absolute atomic E-state index is 0.0673. The average molecular weight is 775 g/mol. The lowest BCUT2D eigenvalue weighted by molar-refractivity contribution is -0.385. The summed E-state index contributed by atoms with van der Waals surface area (Å²) in [5, 5.41) is 16.6. The first-order valence-corrected chi connectivity index (χ1v) is 17.9. The highest BCUT2D eigenvalue weighted by Crippen LogP contribution is 2.47. The Morgan fingerprint density at radius 3 is 2.45 bits per heavy atom. The summed E-state index contributed by atoms with van der Waals surface area (Å²) in [6, 6.07) is 16.8. The molecule has 0 saturated carbocycles. The van der Waals surface area contributed by atoms with Crippen LogP contribution >= 0.6 is 11.6 Å². The summed E-state index contributed by atoms with van der Waals surface area (Å²) in [7, 11) is 4.53. The number of nitro groups is 1.